The van der Waals surface area contributed by atoms with E-state index in [9.17, 15) is 0 Å². The van der Waals surface area contributed by atoms with Crippen LogP contribution in [0, 0.1) is 0 Å². The molecule has 24 heavy (non-hydrogen) atoms. The van der Waals surface area contributed by atoms with E-state index >= 15 is 0 Å². The minimum absolute atomic E-state index is 0.307. The maximum Gasteiger partial charge on any atom is 0.0487 e. The molecule has 0 saturated carbocycles. The molecule has 1 aliphatic heterocycles. The zero-order valence-electron chi connectivity index (χ0n) is 13.8. The molecule has 2 aromatic carbocycles. The Bertz CT molecular complexity index is 654. The zero-order chi connectivity index (χ0) is 16.8. The number of benzene rings is 2. The Labute approximate surface area is 154 Å². The summed E-state index contributed by atoms with van der Waals surface area (Å²) in [5, 5.41) is 5.25. The minimum Gasteiger partial charge on any atom is -0.311 e. The van der Waals surface area contributed by atoms with Gasteiger partial charge in [0.1, 0.15) is 0 Å². The third-order valence-corrected chi connectivity index (χ3v) is 5.42. The van der Waals surface area contributed by atoms with Crippen LogP contribution in [0.4, 0.5) is 0 Å². The summed E-state index contributed by atoms with van der Waals surface area (Å²) < 4.78 is 0. The van der Waals surface area contributed by atoms with Gasteiger partial charge in [0.2, 0.25) is 0 Å². The van der Waals surface area contributed by atoms with Crippen LogP contribution >= 0.6 is 23.2 Å². The Morgan fingerprint density at radius 1 is 0.875 bits per heavy atom. The number of nitrogens with one attached hydrogen (secondary N) is 1. The van der Waals surface area contributed by atoms with Crippen molar-refractivity contribution in [1.29, 1.82) is 0 Å². The molecule has 0 bridgehead atoms. The number of piperidine rings is 1. The largest absolute Gasteiger partial charge is 0.311 e. The minimum atomic E-state index is 0.307. The van der Waals surface area contributed by atoms with Crippen LogP contribution in [0.25, 0.3) is 0 Å². The summed E-state index contributed by atoms with van der Waals surface area (Å²) in [6.07, 6.45) is 3.87. The van der Waals surface area contributed by atoms with Gasteiger partial charge in [0.15, 0.2) is 0 Å². The Morgan fingerprint density at radius 3 is 2.25 bits per heavy atom. The van der Waals surface area contributed by atoms with E-state index in [2.05, 4.69) is 28.4 Å². The lowest BCUT2D eigenvalue weighted by atomic mass is 10.0. The van der Waals surface area contributed by atoms with Crippen molar-refractivity contribution in [2.45, 2.75) is 31.8 Å². The molecule has 0 aliphatic carbocycles. The van der Waals surface area contributed by atoms with Gasteiger partial charge in [-0.25, -0.2) is 0 Å². The molecule has 4 heteroatoms. The highest BCUT2D eigenvalue weighted by Crippen LogP contribution is 2.29. The molecule has 0 radical (unpaired) electrons. The normalized spacial score (nSPS) is 16.9. The molecule has 1 fully saturated rings. The fraction of sp³-hybridized carbons (Fsp3) is 0.400. The van der Waals surface area contributed by atoms with Crippen molar-refractivity contribution in [3.05, 3.63) is 69.7 Å². The Hall–Kier alpha value is -1.06. The average Bonchev–Trinajstić information content (AvgIpc) is 2.62. The molecule has 1 aliphatic rings. The van der Waals surface area contributed by atoms with Gasteiger partial charge >= 0.3 is 0 Å². The first-order chi connectivity index (χ1) is 11.8. The van der Waals surface area contributed by atoms with Crippen molar-refractivity contribution in [3.8, 4) is 0 Å². The maximum atomic E-state index is 6.48. The van der Waals surface area contributed by atoms with Gasteiger partial charge in [0.05, 0.1) is 0 Å². The predicted octanol–water partition coefficient (Wildman–Crippen LogP) is 5.31. The Balaban J connectivity index is 1.70. The van der Waals surface area contributed by atoms with E-state index in [0.717, 1.165) is 41.8 Å². The third-order valence-electron chi connectivity index (χ3n) is 4.71. The molecular weight excluding hydrogens is 339 g/mol. The van der Waals surface area contributed by atoms with Crippen LogP contribution in [0.15, 0.2) is 48.5 Å². The van der Waals surface area contributed by atoms with E-state index < -0.39 is 0 Å². The first kappa shape index (κ1) is 17.8. The summed E-state index contributed by atoms with van der Waals surface area (Å²) in [6, 6.07) is 16.5. The van der Waals surface area contributed by atoms with Gasteiger partial charge in [-0.2, -0.15) is 0 Å². The van der Waals surface area contributed by atoms with Gasteiger partial charge in [-0.1, -0.05) is 66.0 Å². The molecule has 1 unspecified atom stereocenters. The monoisotopic (exact) mass is 362 g/mol. The second-order valence-electron chi connectivity index (χ2n) is 6.36. The summed E-state index contributed by atoms with van der Waals surface area (Å²) in [5.41, 5.74) is 2.35. The van der Waals surface area contributed by atoms with E-state index in [-0.39, 0.29) is 0 Å². The molecule has 3 rings (SSSR count). The van der Waals surface area contributed by atoms with Gasteiger partial charge in [0.25, 0.3) is 0 Å². The first-order valence-electron chi connectivity index (χ1n) is 8.68. The molecule has 2 aromatic rings. The highest BCUT2D eigenvalue weighted by Gasteiger charge is 2.23. The van der Waals surface area contributed by atoms with Crippen LogP contribution < -0.4 is 5.32 Å². The lowest BCUT2D eigenvalue weighted by molar-refractivity contribution is 0.160. The number of halogens is 2. The molecule has 2 nitrogen and oxygen atoms in total. The van der Waals surface area contributed by atoms with Gasteiger partial charge in [-0.3, -0.25) is 4.90 Å². The number of nitrogens with zero attached hydrogens (tertiary/aromatic N) is 1. The zero-order valence-corrected chi connectivity index (χ0v) is 15.4. The smallest absolute Gasteiger partial charge is 0.0487 e. The summed E-state index contributed by atoms with van der Waals surface area (Å²) in [6.45, 7) is 3.93. The summed E-state index contributed by atoms with van der Waals surface area (Å²) >= 11 is 12.7. The summed E-state index contributed by atoms with van der Waals surface area (Å²) in [4.78, 5) is 2.56. The van der Waals surface area contributed by atoms with Crippen LogP contribution in [0.1, 0.15) is 36.4 Å². The van der Waals surface area contributed by atoms with Crippen molar-refractivity contribution in [3.63, 3.8) is 0 Å². The van der Waals surface area contributed by atoms with Crippen molar-refractivity contribution in [1.82, 2.24) is 10.2 Å². The summed E-state index contributed by atoms with van der Waals surface area (Å²) in [7, 11) is 0. The van der Waals surface area contributed by atoms with Crippen molar-refractivity contribution in [2.75, 3.05) is 19.6 Å². The van der Waals surface area contributed by atoms with E-state index in [1.165, 1.54) is 24.8 Å². The number of rotatable bonds is 6. The second-order valence-corrected chi connectivity index (χ2v) is 7.17. The molecule has 1 heterocycles. The van der Waals surface area contributed by atoms with Crippen molar-refractivity contribution < 1.29 is 0 Å². The second kappa shape index (κ2) is 8.87. The molecule has 1 atom stereocenters. The van der Waals surface area contributed by atoms with Crippen molar-refractivity contribution >= 4 is 23.2 Å². The lowest BCUT2D eigenvalue weighted by Crippen LogP contribution is -2.39. The topological polar surface area (TPSA) is 15.3 Å². The summed E-state index contributed by atoms with van der Waals surface area (Å²) in [5.74, 6) is 0. The van der Waals surface area contributed by atoms with Crippen molar-refractivity contribution in [2.24, 2.45) is 0 Å². The molecule has 1 saturated heterocycles. The number of hydrogen-bond donors (Lipinski definition) is 1. The Morgan fingerprint density at radius 2 is 1.54 bits per heavy atom. The highest BCUT2D eigenvalue weighted by molar-refractivity contribution is 6.31. The van der Waals surface area contributed by atoms with E-state index in [1.54, 1.807) is 0 Å². The van der Waals surface area contributed by atoms with Crippen LogP contribution in [0.3, 0.4) is 0 Å². The van der Waals surface area contributed by atoms with Crippen LogP contribution in [0.2, 0.25) is 10.0 Å². The van der Waals surface area contributed by atoms with Gasteiger partial charge < -0.3 is 5.32 Å². The van der Waals surface area contributed by atoms with Crippen LogP contribution in [0.5, 0.6) is 0 Å². The molecule has 1 N–H and O–H groups in total. The molecule has 0 spiro atoms. The van der Waals surface area contributed by atoms with Gasteiger partial charge in [0, 0.05) is 29.2 Å². The van der Waals surface area contributed by atoms with E-state index in [1.807, 2.05) is 30.3 Å². The third kappa shape index (κ3) is 4.52. The standard InChI is InChI=1S/C20H24Cl2N2/c21-18-10-4-2-8-16(18)14-23-15-20(24-12-6-1-7-13-24)17-9-3-5-11-19(17)22/h2-5,8-11,20,23H,1,6-7,12-15H2. The molecular formula is C20H24Cl2N2. The van der Waals surface area contributed by atoms with Gasteiger partial charge in [-0.15, -0.1) is 0 Å². The van der Waals surface area contributed by atoms with E-state index in [0.29, 0.717) is 6.04 Å². The lowest BCUT2D eigenvalue weighted by Gasteiger charge is -2.35. The highest BCUT2D eigenvalue weighted by atomic mass is 35.5. The number of hydrogen-bond acceptors (Lipinski definition) is 2. The SMILES string of the molecule is Clc1ccccc1CNCC(c1ccccc1Cl)N1CCCCC1. The molecule has 0 amide bonds. The fourth-order valence-electron chi connectivity index (χ4n) is 3.40. The molecule has 0 aromatic heterocycles. The maximum absolute atomic E-state index is 6.48. The van der Waals surface area contributed by atoms with Crippen LogP contribution in [-0.4, -0.2) is 24.5 Å². The van der Waals surface area contributed by atoms with E-state index in [4.69, 9.17) is 23.2 Å². The Kier molecular flexibility index (Phi) is 6.56. The molecule has 128 valence electrons. The predicted molar refractivity (Wildman–Crippen MR) is 103 cm³/mol. The quantitative estimate of drug-likeness (QED) is 0.748. The first-order valence-corrected chi connectivity index (χ1v) is 9.44. The van der Waals surface area contributed by atoms with Crippen LogP contribution in [-0.2, 0) is 6.54 Å². The average molecular weight is 363 g/mol. The van der Waals surface area contributed by atoms with Gasteiger partial charge in [-0.05, 0) is 49.2 Å². The fourth-order valence-corrected chi connectivity index (χ4v) is 3.86. The number of likely N-dealkylation sites (tertiary alicyclic amines) is 1.